The van der Waals surface area contributed by atoms with Crippen molar-refractivity contribution in [3.8, 4) is 5.75 Å². The average molecular weight is 601 g/mol. The number of anilines is 1. The molecule has 0 fully saturated rings. The Morgan fingerprint density at radius 3 is 2.18 bits per heavy atom. The molecule has 1 amide bonds. The number of ketones is 1. The van der Waals surface area contributed by atoms with Crippen molar-refractivity contribution in [1.82, 2.24) is 4.90 Å². The number of ether oxygens (including phenoxy) is 2. The number of likely N-dealkylation sites (N-methyl/N-ethyl adjacent to an activating group) is 1. The number of fused-ring (bicyclic) bond motifs is 1. The lowest BCUT2D eigenvalue weighted by Gasteiger charge is -2.21. The fourth-order valence-electron chi connectivity index (χ4n) is 5.21. The van der Waals surface area contributed by atoms with E-state index in [9.17, 15) is 14.4 Å². The van der Waals surface area contributed by atoms with E-state index in [0.717, 1.165) is 16.3 Å². The van der Waals surface area contributed by atoms with Crippen molar-refractivity contribution in [2.75, 3.05) is 32.1 Å². The Morgan fingerprint density at radius 2 is 1.44 bits per heavy atom. The van der Waals surface area contributed by atoms with Crippen molar-refractivity contribution >= 4 is 34.1 Å². The molecule has 45 heavy (non-hydrogen) atoms. The first kappa shape index (κ1) is 31.0. The van der Waals surface area contributed by atoms with E-state index in [1.54, 1.807) is 35.2 Å². The van der Waals surface area contributed by atoms with Crippen LogP contribution in [-0.2, 0) is 16.0 Å². The van der Waals surface area contributed by atoms with E-state index < -0.39 is 12.0 Å². The summed E-state index contributed by atoms with van der Waals surface area (Å²) in [4.78, 5) is 40.9. The molecular weight excluding hydrogens is 564 g/mol. The van der Waals surface area contributed by atoms with Gasteiger partial charge in [-0.15, -0.1) is 0 Å². The zero-order valence-corrected chi connectivity index (χ0v) is 25.4. The molecule has 7 heteroatoms. The van der Waals surface area contributed by atoms with Gasteiger partial charge in [0.05, 0.1) is 13.7 Å². The highest BCUT2D eigenvalue weighted by atomic mass is 16.5. The van der Waals surface area contributed by atoms with Crippen molar-refractivity contribution in [3.63, 3.8) is 0 Å². The maximum atomic E-state index is 13.2. The van der Waals surface area contributed by atoms with Gasteiger partial charge in [-0.2, -0.15) is 0 Å². The Kier molecular flexibility index (Phi) is 10.2. The van der Waals surface area contributed by atoms with Gasteiger partial charge in [0.1, 0.15) is 18.4 Å². The monoisotopic (exact) mass is 600 g/mol. The number of esters is 1. The number of para-hydroxylation sites is 1. The third kappa shape index (κ3) is 7.75. The smallest absolute Gasteiger partial charge is 0.328 e. The Labute approximate surface area is 263 Å². The molecule has 0 spiro atoms. The van der Waals surface area contributed by atoms with Crippen LogP contribution in [0.4, 0.5) is 5.69 Å². The second-order valence-electron chi connectivity index (χ2n) is 10.6. The van der Waals surface area contributed by atoms with Crippen LogP contribution in [0.3, 0.4) is 0 Å². The SMILES string of the molecule is CCN(CCOc1ccc(C[C@H](Nc2ccccc2C(=O)c2ccccc2)C(=O)OC)cc1)C(=O)c1ccc2ccccc2c1. The number of methoxy groups -OCH3 is 1. The van der Waals surface area contributed by atoms with E-state index >= 15 is 0 Å². The Balaban J connectivity index is 1.20. The van der Waals surface area contributed by atoms with Crippen LogP contribution in [0.25, 0.3) is 10.8 Å². The summed E-state index contributed by atoms with van der Waals surface area (Å²) < 4.78 is 11.0. The third-order valence-electron chi connectivity index (χ3n) is 7.68. The zero-order chi connectivity index (χ0) is 31.6. The first-order chi connectivity index (χ1) is 22.0. The summed E-state index contributed by atoms with van der Waals surface area (Å²) in [6, 6.07) is 36.7. The molecule has 5 rings (SSSR count). The molecule has 7 nitrogen and oxygen atoms in total. The highest BCUT2D eigenvalue weighted by Crippen LogP contribution is 2.23. The number of carbonyl (C=O) groups is 3. The van der Waals surface area contributed by atoms with Gasteiger partial charge in [0.2, 0.25) is 0 Å². The molecule has 5 aromatic carbocycles. The molecule has 0 aliphatic rings. The van der Waals surface area contributed by atoms with Gasteiger partial charge in [0.15, 0.2) is 5.78 Å². The molecule has 228 valence electrons. The van der Waals surface area contributed by atoms with Gasteiger partial charge in [-0.3, -0.25) is 9.59 Å². The van der Waals surface area contributed by atoms with Gasteiger partial charge >= 0.3 is 5.97 Å². The fourth-order valence-corrected chi connectivity index (χ4v) is 5.21. The molecule has 0 radical (unpaired) electrons. The summed E-state index contributed by atoms with van der Waals surface area (Å²) in [5.41, 5.74) is 3.14. The summed E-state index contributed by atoms with van der Waals surface area (Å²) in [5.74, 6) is 0.0578. The van der Waals surface area contributed by atoms with Gasteiger partial charge in [-0.25, -0.2) is 4.79 Å². The molecule has 0 saturated carbocycles. The second kappa shape index (κ2) is 14.8. The summed E-state index contributed by atoms with van der Waals surface area (Å²) >= 11 is 0. The van der Waals surface area contributed by atoms with Gasteiger partial charge in [0, 0.05) is 35.3 Å². The molecule has 1 N–H and O–H groups in total. The molecule has 0 aromatic heterocycles. The summed E-state index contributed by atoms with van der Waals surface area (Å²) in [6.07, 6.45) is 0.338. The largest absolute Gasteiger partial charge is 0.492 e. The molecular formula is C38H36N2O5. The molecule has 0 aliphatic heterocycles. The van der Waals surface area contributed by atoms with Crippen LogP contribution in [-0.4, -0.2) is 55.4 Å². The van der Waals surface area contributed by atoms with E-state index in [4.69, 9.17) is 9.47 Å². The first-order valence-electron chi connectivity index (χ1n) is 15.0. The normalized spacial score (nSPS) is 11.4. The minimum atomic E-state index is -0.717. The molecule has 0 heterocycles. The Bertz CT molecular complexity index is 1770. The highest BCUT2D eigenvalue weighted by molar-refractivity contribution is 6.12. The maximum absolute atomic E-state index is 13.2. The van der Waals surface area contributed by atoms with Crippen LogP contribution in [0.1, 0.15) is 38.8 Å². The molecule has 0 aliphatic carbocycles. The lowest BCUT2D eigenvalue weighted by Crippen LogP contribution is -2.34. The topological polar surface area (TPSA) is 84.9 Å². The van der Waals surface area contributed by atoms with Crippen LogP contribution in [0.15, 0.2) is 121 Å². The minimum absolute atomic E-state index is 0.0319. The Morgan fingerprint density at radius 1 is 0.756 bits per heavy atom. The van der Waals surface area contributed by atoms with Crippen molar-refractivity contribution in [3.05, 3.63) is 144 Å². The number of amides is 1. The fraction of sp³-hybridized carbons (Fsp3) is 0.184. The second-order valence-corrected chi connectivity index (χ2v) is 10.6. The summed E-state index contributed by atoms with van der Waals surface area (Å²) in [5, 5.41) is 5.37. The van der Waals surface area contributed by atoms with E-state index in [0.29, 0.717) is 54.2 Å². The molecule has 1 atom stereocenters. The maximum Gasteiger partial charge on any atom is 0.328 e. The van der Waals surface area contributed by atoms with Crippen molar-refractivity contribution in [2.24, 2.45) is 0 Å². The number of hydrogen-bond donors (Lipinski definition) is 1. The summed E-state index contributed by atoms with van der Waals surface area (Å²) in [6.45, 7) is 3.30. The van der Waals surface area contributed by atoms with E-state index in [-0.39, 0.29) is 11.7 Å². The van der Waals surface area contributed by atoms with Crippen molar-refractivity contribution in [1.29, 1.82) is 0 Å². The summed E-state index contributed by atoms with van der Waals surface area (Å²) in [7, 11) is 1.35. The molecule has 0 bridgehead atoms. The number of rotatable bonds is 13. The van der Waals surface area contributed by atoms with E-state index in [1.165, 1.54) is 7.11 Å². The Hall–Kier alpha value is -5.43. The van der Waals surface area contributed by atoms with Crippen LogP contribution < -0.4 is 10.1 Å². The van der Waals surface area contributed by atoms with Gasteiger partial charge in [-0.05, 0) is 59.7 Å². The van der Waals surface area contributed by atoms with Gasteiger partial charge in [0.25, 0.3) is 5.91 Å². The van der Waals surface area contributed by atoms with Gasteiger partial charge in [-0.1, -0.05) is 84.9 Å². The zero-order valence-electron chi connectivity index (χ0n) is 25.4. The number of nitrogens with one attached hydrogen (secondary N) is 1. The molecule has 0 unspecified atom stereocenters. The van der Waals surface area contributed by atoms with Crippen molar-refractivity contribution < 1.29 is 23.9 Å². The number of carbonyl (C=O) groups excluding carboxylic acids is 3. The van der Waals surface area contributed by atoms with E-state index in [1.807, 2.05) is 97.9 Å². The van der Waals surface area contributed by atoms with Gasteiger partial charge < -0.3 is 19.7 Å². The lowest BCUT2D eigenvalue weighted by molar-refractivity contribution is -0.141. The standard InChI is InChI=1S/C38H36N2O5/c1-3-40(37(42)31-20-19-28-11-7-8-14-30(28)26-31)23-24-45-32-21-17-27(18-22-32)25-35(38(43)44-2)39-34-16-10-9-15-33(34)36(41)29-12-5-4-6-13-29/h4-22,26,35,39H,3,23-25H2,1-2H3/t35-/m0/s1. The predicted molar refractivity (Wildman–Crippen MR) is 177 cm³/mol. The quantitative estimate of drug-likeness (QED) is 0.118. The van der Waals surface area contributed by atoms with E-state index in [2.05, 4.69) is 5.32 Å². The molecule has 0 saturated heterocycles. The number of hydrogen-bond acceptors (Lipinski definition) is 6. The average Bonchev–Trinajstić information content (AvgIpc) is 3.10. The van der Waals surface area contributed by atoms with Crippen LogP contribution in [0.5, 0.6) is 5.75 Å². The first-order valence-corrected chi connectivity index (χ1v) is 15.0. The van der Waals surface area contributed by atoms with Crippen molar-refractivity contribution in [2.45, 2.75) is 19.4 Å². The lowest BCUT2D eigenvalue weighted by atomic mass is 10.00. The highest BCUT2D eigenvalue weighted by Gasteiger charge is 2.23. The van der Waals surface area contributed by atoms with Crippen LogP contribution in [0, 0.1) is 0 Å². The molecule has 5 aromatic rings. The van der Waals surface area contributed by atoms with Crippen LogP contribution in [0.2, 0.25) is 0 Å². The number of benzene rings is 5. The predicted octanol–water partition coefficient (Wildman–Crippen LogP) is 6.81. The number of nitrogens with zero attached hydrogens (tertiary/aromatic N) is 1. The minimum Gasteiger partial charge on any atom is -0.492 e. The van der Waals surface area contributed by atoms with Crippen LogP contribution >= 0.6 is 0 Å². The third-order valence-corrected chi connectivity index (χ3v) is 7.68.